The number of allylic oxidation sites excluding steroid dienone is 2. The predicted molar refractivity (Wildman–Crippen MR) is 79.1 cm³/mol. The van der Waals surface area contributed by atoms with Gasteiger partial charge in [-0.1, -0.05) is 18.2 Å². The van der Waals surface area contributed by atoms with Crippen molar-refractivity contribution in [2.45, 2.75) is 38.9 Å². The number of nitrogens with zero attached hydrogens (tertiary/aromatic N) is 1. The minimum Gasteiger partial charge on any atom is -0.399 e. The van der Waals surface area contributed by atoms with Gasteiger partial charge in [0.25, 0.3) is 0 Å². The Balaban J connectivity index is 2.15. The Kier molecular flexibility index (Phi) is 4.04. The van der Waals surface area contributed by atoms with Gasteiger partial charge in [-0.15, -0.1) is 11.8 Å². The molecule has 1 fully saturated rings. The maximum Gasteiger partial charge on any atom is 0.494 e. The first-order chi connectivity index (χ1) is 8.42. The zero-order chi connectivity index (χ0) is 13.2. The second-order valence-corrected chi connectivity index (χ2v) is 6.38. The van der Waals surface area contributed by atoms with Crippen molar-refractivity contribution in [2.24, 2.45) is 4.99 Å². The molecule has 0 saturated carbocycles. The summed E-state index contributed by atoms with van der Waals surface area (Å²) in [4.78, 5) is 4.25. The quantitative estimate of drug-likeness (QED) is 0.683. The van der Waals surface area contributed by atoms with E-state index in [1.807, 2.05) is 11.6 Å². The Hall–Kier alpha value is -0.515. The molecule has 0 aromatic carbocycles. The van der Waals surface area contributed by atoms with Crippen molar-refractivity contribution in [1.82, 2.24) is 0 Å². The molecule has 0 aliphatic carbocycles. The normalized spacial score (nSPS) is 26.4. The van der Waals surface area contributed by atoms with Gasteiger partial charge < -0.3 is 9.31 Å². The van der Waals surface area contributed by atoms with E-state index in [1.54, 1.807) is 11.8 Å². The third-order valence-corrected chi connectivity index (χ3v) is 4.27. The van der Waals surface area contributed by atoms with Crippen molar-refractivity contribution in [3.8, 4) is 0 Å². The Morgan fingerprint density at radius 1 is 1.22 bits per heavy atom. The molecule has 0 amide bonds. The standard InChI is InChI=1S/C13H20BNO2S/c1-12(2)13(3,4)17-14(16-12)11-6-5-8-15-10-18-9-7-11/h5-7,10H,8-9H2,1-4H3. The molecule has 2 aliphatic heterocycles. The summed E-state index contributed by atoms with van der Waals surface area (Å²) in [6.45, 7) is 9.01. The van der Waals surface area contributed by atoms with Crippen LogP contribution in [-0.2, 0) is 9.31 Å². The summed E-state index contributed by atoms with van der Waals surface area (Å²) < 4.78 is 12.1. The molecule has 0 aromatic rings. The van der Waals surface area contributed by atoms with Gasteiger partial charge in [-0.05, 0) is 33.2 Å². The zero-order valence-corrected chi connectivity index (χ0v) is 12.3. The molecule has 0 spiro atoms. The van der Waals surface area contributed by atoms with Crippen LogP contribution in [0.3, 0.4) is 0 Å². The van der Waals surface area contributed by atoms with Crippen LogP contribution in [-0.4, -0.2) is 36.2 Å². The van der Waals surface area contributed by atoms with Gasteiger partial charge in [0.15, 0.2) is 0 Å². The minimum absolute atomic E-state index is 0.273. The Labute approximate surface area is 114 Å². The molecule has 0 aromatic heterocycles. The summed E-state index contributed by atoms with van der Waals surface area (Å²) in [7, 11) is -0.273. The number of hydrogen-bond donors (Lipinski definition) is 0. The fourth-order valence-corrected chi connectivity index (χ4v) is 2.32. The maximum absolute atomic E-state index is 6.05. The summed E-state index contributed by atoms with van der Waals surface area (Å²) in [6, 6.07) is 0. The molecule has 0 N–H and O–H groups in total. The minimum atomic E-state index is -0.283. The summed E-state index contributed by atoms with van der Waals surface area (Å²) in [5.74, 6) is 0.896. The van der Waals surface area contributed by atoms with E-state index in [0.717, 1.165) is 11.2 Å². The van der Waals surface area contributed by atoms with E-state index in [-0.39, 0.29) is 18.3 Å². The van der Waals surface area contributed by atoms with E-state index in [4.69, 9.17) is 9.31 Å². The van der Waals surface area contributed by atoms with Crippen molar-refractivity contribution in [3.05, 3.63) is 23.7 Å². The molecule has 1 saturated heterocycles. The van der Waals surface area contributed by atoms with Crippen molar-refractivity contribution >= 4 is 24.4 Å². The van der Waals surface area contributed by atoms with Gasteiger partial charge >= 0.3 is 7.12 Å². The molecule has 0 radical (unpaired) electrons. The third-order valence-electron chi connectivity index (χ3n) is 3.61. The fourth-order valence-electron chi connectivity index (χ4n) is 1.75. The SMILES string of the molecule is CC1(C)OB(C2=CCSC=NCC=C2)OC1(C)C. The first-order valence-corrected chi connectivity index (χ1v) is 7.29. The van der Waals surface area contributed by atoms with E-state index in [1.165, 1.54) is 0 Å². The van der Waals surface area contributed by atoms with Crippen LogP contribution < -0.4 is 0 Å². The van der Waals surface area contributed by atoms with Crippen LogP contribution in [0.2, 0.25) is 0 Å². The van der Waals surface area contributed by atoms with Gasteiger partial charge in [0.1, 0.15) is 0 Å². The van der Waals surface area contributed by atoms with Crippen molar-refractivity contribution in [2.75, 3.05) is 12.3 Å². The molecule has 0 atom stereocenters. The molecule has 18 heavy (non-hydrogen) atoms. The third kappa shape index (κ3) is 2.90. The van der Waals surface area contributed by atoms with Crippen LogP contribution in [0.25, 0.3) is 0 Å². The highest BCUT2D eigenvalue weighted by Gasteiger charge is 2.51. The van der Waals surface area contributed by atoms with E-state index in [0.29, 0.717) is 6.54 Å². The largest absolute Gasteiger partial charge is 0.494 e. The molecule has 0 bridgehead atoms. The average molecular weight is 265 g/mol. The molecule has 2 rings (SSSR count). The van der Waals surface area contributed by atoms with Gasteiger partial charge in [0, 0.05) is 5.75 Å². The first-order valence-electron chi connectivity index (χ1n) is 6.24. The summed E-state index contributed by atoms with van der Waals surface area (Å²) in [5, 5.41) is 0. The molecule has 3 nitrogen and oxygen atoms in total. The van der Waals surface area contributed by atoms with E-state index in [2.05, 4.69) is 44.8 Å². The van der Waals surface area contributed by atoms with E-state index in [9.17, 15) is 0 Å². The highest BCUT2D eigenvalue weighted by molar-refractivity contribution is 8.12. The lowest BCUT2D eigenvalue weighted by Gasteiger charge is -2.32. The average Bonchev–Trinajstić information content (AvgIpc) is 2.56. The number of hydrogen-bond acceptors (Lipinski definition) is 4. The lowest BCUT2D eigenvalue weighted by molar-refractivity contribution is 0.00578. The summed E-state index contributed by atoms with van der Waals surface area (Å²) in [6.07, 6.45) is 6.26. The van der Waals surface area contributed by atoms with Crippen LogP contribution in [0, 0.1) is 0 Å². The molecular formula is C13H20BNO2S. The van der Waals surface area contributed by atoms with Crippen LogP contribution >= 0.6 is 11.8 Å². The van der Waals surface area contributed by atoms with Gasteiger partial charge in [0.2, 0.25) is 0 Å². The maximum atomic E-state index is 6.05. The number of thioether (sulfide) groups is 1. The van der Waals surface area contributed by atoms with Crippen molar-refractivity contribution in [1.29, 1.82) is 0 Å². The second-order valence-electron chi connectivity index (χ2n) is 5.50. The molecule has 0 unspecified atom stereocenters. The Morgan fingerprint density at radius 3 is 2.56 bits per heavy atom. The lowest BCUT2D eigenvalue weighted by atomic mass is 9.77. The van der Waals surface area contributed by atoms with Gasteiger partial charge in [-0.3, -0.25) is 4.99 Å². The predicted octanol–water partition coefficient (Wildman–Crippen LogP) is 2.88. The highest BCUT2D eigenvalue weighted by atomic mass is 32.2. The Bertz CT molecular complexity index is 386. The molecule has 2 heterocycles. The van der Waals surface area contributed by atoms with E-state index < -0.39 is 0 Å². The van der Waals surface area contributed by atoms with Gasteiger partial charge in [-0.25, -0.2) is 0 Å². The van der Waals surface area contributed by atoms with Crippen LogP contribution in [0.1, 0.15) is 27.7 Å². The van der Waals surface area contributed by atoms with Crippen LogP contribution in [0.5, 0.6) is 0 Å². The molecular weight excluding hydrogens is 245 g/mol. The Morgan fingerprint density at radius 2 is 1.89 bits per heavy atom. The topological polar surface area (TPSA) is 30.8 Å². The first kappa shape index (κ1) is 13.9. The van der Waals surface area contributed by atoms with Crippen LogP contribution in [0.15, 0.2) is 28.7 Å². The highest BCUT2D eigenvalue weighted by Crippen LogP contribution is 2.38. The monoisotopic (exact) mass is 265 g/mol. The van der Waals surface area contributed by atoms with Crippen LogP contribution in [0.4, 0.5) is 0 Å². The lowest BCUT2D eigenvalue weighted by Crippen LogP contribution is -2.41. The van der Waals surface area contributed by atoms with Crippen molar-refractivity contribution < 1.29 is 9.31 Å². The second kappa shape index (κ2) is 5.23. The molecule has 5 heteroatoms. The van der Waals surface area contributed by atoms with Gasteiger partial charge in [0.05, 0.1) is 23.3 Å². The van der Waals surface area contributed by atoms with Gasteiger partial charge in [-0.2, -0.15) is 0 Å². The molecule has 2 aliphatic rings. The van der Waals surface area contributed by atoms with E-state index >= 15 is 0 Å². The smallest absolute Gasteiger partial charge is 0.399 e. The number of rotatable bonds is 1. The summed E-state index contributed by atoms with van der Waals surface area (Å²) in [5.41, 5.74) is 2.42. The summed E-state index contributed by atoms with van der Waals surface area (Å²) >= 11 is 1.69. The zero-order valence-electron chi connectivity index (χ0n) is 11.5. The molecule has 98 valence electrons. The van der Waals surface area contributed by atoms with Crippen molar-refractivity contribution in [3.63, 3.8) is 0 Å². The number of aliphatic imine (C=N–C) groups is 1. The fraction of sp³-hybridized carbons (Fsp3) is 0.615.